The van der Waals surface area contributed by atoms with Gasteiger partial charge in [0, 0.05) is 0 Å². The van der Waals surface area contributed by atoms with Crippen molar-refractivity contribution in [3.8, 4) is 0 Å². The molecule has 4 N–H and O–H groups in total. The Morgan fingerprint density at radius 3 is 1.10 bits per heavy atom. The third-order valence-corrected chi connectivity index (χ3v) is 12.1. The third-order valence-electron chi connectivity index (χ3n) is 12.1. The zero-order chi connectivity index (χ0) is 44.4. The predicted octanol–water partition coefficient (Wildman–Crippen LogP) is 16.2. The number of allylic oxidation sites excluding steroid dienone is 9. The summed E-state index contributed by atoms with van der Waals surface area (Å²) in [6.45, 7) is 4.18. The second-order valence-corrected chi connectivity index (χ2v) is 18.1. The van der Waals surface area contributed by atoms with Gasteiger partial charge in [-0.25, -0.2) is 0 Å². The summed E-state index contributed by atoms with van der Waals surface area (Å²) in [6.07, 6.45) is 68.5. The van der Waals surface area contributed by atoms with Crippen LogP contribution in [0.5, 0.6) is 0 Å². The molecule has 0 aromatic carbocycles. The van der Waals surface area contributed by atoms with Crippen molar-refractivity contribution in [2.75, 3.05) is 6.61 Å². The topological polar surface area (TPSA) is 89.8 Å². The normalized spacial score (nSPS) is 13.9. The summed E-state index contributed by atoms with van der Waals surface area (Å²) in [5, 5.41) is 33.3. The minimum atomic E-state index is -1.12. The standard InChI is InChI=1S/C56H103NO4/c1-3-5-7-9-11-13-15-17-19-21-23-25-26-27-28-29-31-33-35-37-39-41-43-45-47-49-51-55(60)56(61)57-53(52-58)54(59)50-48-46-44-42-40-38-36-34-32-30-24-22-20-18-16-14-12-10-8-6-4-2/h23,25,27-28,32,34,40,42,48,50,53-55,58-60H,3-22,24,26,29-31,33,35-39,41,43-47,49,51-52H2,1-2H3,(H,57,61)/b25-23-,28-27-,34-32+,42-40+,50-48+. The van der Waals surface area contributed by atoms with Crippen LogP contribution in [0.15, 0.2) is 60.8 Å². The molecule has 0 aliphatic rings. The molecule has 1 amide bonds. The lowest BCUT2D eigenvalue weighted by molar-refractivity contribution is -0.131. The molecule has 0 fully saturated rings. The molecule has 5 heteroatoms. The third kappa shape index (κ3) is 45.9. The number of nitrogens with one attached hydrogen (secondary N) is 1. The van der Waals surface area contributed by atoms with Crippen molar-refractivity contribution in [3.63, 3.8) is 0 Å². The number of aliphatic hydroxyl groups is 3. The highest BCUT2D eigenvalue weighted by Crippen LogP contribution is 2.15. The van der Waals surface area contributed by atoms with E-state index in [9.17, 15) is 20.1 Å². The number of carbonyl (C=O) groups excluding carboxylic acids is 1. The molecule has 0 spiro atoms. The first-order valence-corrected chi connectivity index (χ1v) is 26.6. The number of amides is 1. The summed E-state index contributed by atoms with van der Waals surface area (Å²) in [5.74, 6) is -0.519. The van der Waals surface area contributed by atoms with Gasteiger partial charge in [-0.2, -0.15) is 0 Å². The Morgan fingerprint density at radius 2 is 0.721 bits per heavy atom. The lowest BCUT2D eigenvalue weighted by Crippen LogP contribution is -2.48. The molecule has 3 unspecified atom stereocenters. The molecule has 356 valence electrons. The first kappa shape index (κ1) is 59.0. The lowest BCUT2D eigenvalue weighted by Gasteiger charge is -2.21. The molecular weight excluding hydrogens is 751 g/mol. The van der Waals surface area contributed by atoms with Crippen molar-refractivity contribution in [2.24, 2.45) is 0 Å². The molecule has 0 rings (SSSR count). The van der Waals surface area contributed by atoms with Gasteiger partial charge in [-0.1, -0.05) is 248 Å². The maximum Gasteiger partial charge on any atom is 0.249 e. The van der Waals surface area contributed by atoms with Crippen molar-refractivity contribution in [3.05, 3.63) is 60.8 Å². The van der Waals surface area contributed by atoms with Crippen molar-refractivity contribution in [1.82, 2.24) is 5.32 Å². The number of carbonyl (C=O) groups is 1. The maximum absolute atomic E-state index is 12.5. The van der Waals surface area contributed by atoms with Gasteiger partial charge >= 0.3 is 0 Å². The van der Waals surface area contributed by atoms with Gasteiger partial charge in [0.05, 0.1) is 18.8 Å². The van der Waals surface area contributed by atoms with Gasteiger partial charge in [0.2, 0.25) is 5.91 Å². The highest BCUT2D eigenvalue weighted by molar-refractivity contribution is 5.80. The molecule has 0 bridgehead atoms. The van der Waals surface area contributed by atoms with E-state index in [4.69, 9.17) is 0 Å². The van der Waals surface area contributed by atoms with Gasteiger partial charge < -0.3 is 20.6 Å². The zero-order valence-electron chi connectivity index (χ0n) is 40.5. The monoisotopic (exact) mass is 854 g/mol. The molecule has 0 saturated carbocycles. The van der Waals surface area contributed by atoms with Gasteiger partial charge in [0.1, 0.15) is 6.10 Å². The maximum atomic E-state index is 12.5. The molecule has 0 heterocycles. The smallest absolute Gasteiger partial charge is 0.249 e. The Balaban J connectivity index is 3.68. The Bertz CT molecular complexity index is 1030. The van der Waals surface area contributed by atoms with Crippen LogP contribution in [0, 0.1) is 0 Å². The quantitative estimate of drug-likeness (QED) is 0.0363. The second-order valence-electron chi connectivity index (χ2n) is 18.1. The van der Waals surface area contributed by atoms with Gasteiger partial charge in [0.25, 0.3) is 0 Å². The Morgan fingerprint density at radius 1 is 0.410 bits per heavy atom. The van der Waals surface area contributed by atoms with E-state index in [-0.39, 0.29) is 6.61 Å². The number of hydrogen-bond donors (Lipinski definition) is 4. The summed E-state index contributed by atoms with van der Waals surface area (Å²) in [5.41, 5.74) is 0. The van der Waals surface area contributed by atoms with Gasteiger partial charge in [-0.3, -0.25) is 4.79 Å². The van der Waals surface area contributed by atoms with Gasteiger partial charge in [-0.15, -0.1) is 0 Å². The van der Waals surface area contributed by atoms with E-state index in [1.165, 1.54) is 193 Å². The average Bonchev–Trinajstić information content (AvgIpc) is 3.26. The van der Waals surface area contributed by atoms with Gasteiger partial charge in [0.15, 0.2) is 0 Å². The number of aliphatic hydroxyl groups excluding tert-OH is 3. The van der Waals surface area contributed by atoms with Crippen LogP contribution in [0.1, 0.15) is 264 Å². The molecular formula is C56H103NO4. The van der Waals surface area contributed by atoms with E-state index in [1.54, 1.807) is 6.08 Å². The van der Waals surface area contributed by atoms with E-state index in [0.717, 1.165) is 51.4 Å². The Hall–Kier alpha value is -1.95. The highest BCUT2D eigenvalue weighted by Gasteiger charge is 2.22. The largest absolute Gasteiger partial charge is 0.394 e. The van der Waals surface area contributed by atoms with Crippen LogP contribution in [0.2, 0.25) is 0 Å². The van der Waals surface area contributed by atoms with E-state index < -0.39 is 24.2 Å². The summed E-state index contributed by atoms with van der Waals surface area (Å²) in [7, 11) is 0. The Kier molecular flexibility index (Phi) is 49.1. The van der Waals surface area contributed by atoms with Gasteiger partial charge in [-0.05, 0) is 77.0 Å². The summed E-state index contributed by atoms with van der Waals surface area (Å²) in [6, 6.07) is -0.825. The number of rotatable bonds is 48. The van der Waals surface area contributed by atoms with Crippen molar-refractivity contribution >= 4 is 5.91 Å². The molecule has 5 nitrogen and oxygen atoms in total. The summed E-state index contributed by atoms with van der Waals surface area (Å²) < 4.78 is 0. The van der Waals surface area contributed by atoms with E-state index >= 15 is 0 Å². The fourth-order valence-electron chi connectivity index (χ4n) is 7.90. The van der Waals surface area contributed by atoms with Crippen LogP contribution in [-0.4, -0.2) is 46.1 Å². The molecule has 3 atom stereocenters. The minimum Gasteiger partial charge on any atom is -0.394 e. The molecule has 0 aliphatic carbocycles. The first-order valence-electron chi connectivity index (χ1n) is 26.6. The number of unbranched alkanes of at least 4 members (excludes halogenated alkanes) is 32. The van der Waals surface area contributed by atoms with Crippen LogP contribution in [-0.2, 0) is 4.79 Å². The van der Waals surface area contributed by atoms with E-state index in [1.807, 2.05) is 6.08 Å². The number of hydrogen-bond acceptors (Lipinski definition) is 4. The predicted molar refractivity (Wildman–Crippen MR) is 268 cm³/mol. The molecule has 0 radical (unpaired) electrons. The zero-order valence-corrected chi connectivity index (χ0v) is 40.5. The molecule has 0 aliphatic heterocycles. The Labute approximate surface area is 379 Å². The van der Waals surface area contributed by atoms with Crippen molar-refractivity contribution < 1.29 is 20.1 Å². The summed E-state index contributed by atoms with van der Waals surface area (Å²) in [4.78, 5) is 12.5. The van der Waals surface area contributed by atoms with Crippen LogP contribution in [0.4, 0.5) is 0 Å². The molecule has 61 heavy (non-hydrogen) atoms. The van der Waals surface area contributed by atoms with E-state index in [0.29, 0.717) is 6.42 Å². The SMILES string of the molecule is CCCCCCCCCCC/C=C\C/C=C\CCCCCCCCCCCCC(O)C(=O)NC(CO)C(O)/C=C/CC/C=C/CC/C=C/CCCCCCCCCCCCC. The van der Waals surface area contributed by atoms with Crippen LogP contribution < -0.4 is 5.32 Å². The second kappa shape index (κ2) is 50.7. The summed E-state index contributed by atoms with van der Waals surface area (Å²) >= 11 is 0. The van der Waals surface area contributed by atoms with Crippen LogP contribution >= 0.6 is 0 Å². The lowest BCUT2D eigenvalue weighted by atomic mass is 10.0. The van der Waals surface area contributed by atoms with Crippen LogP contribution in [0.3, 0.4) is 0 Å². The fourth-order valence-corrected chi connectivity index (χ4v) is 7.90. The van der Waals surface area contributed by atoms with Crippen LogP contribution in [0.25, 0.3) is 0 Å². The molecule has 0 aromatic rings. The molecule has 0 aromatic heterocycles. The fraction of sp³-hybridized carbons (Fsp3) is 0.804. The molecule has 0 saturated heterocycles. The van der Waals surface area contributed by atoms with Crippen molar-refractivity contribution in [2.45, 2.75) is 283 Å². The highest BCUT2D eigenvalue weighted by atomic mass is 16.3. The van der Waals surface area contributed by atoms with Crippen molar-refractivity contribution in [1.29, 1.82) is 0 Å². The average molecular weight is 854 g/mol. The van der Waals surface area contributed by atoms with E-state index in [2.05, 4.69) is 67.8 Å². The first-order chi connectivity index (χ1) is 30.1. The minimum absolute atomic E-state index is 0.384.